The molecule has 1 aromatic heterocycles. The third kappa shape index (κ3) is 2.59. The molecule has 0 aliphatic carbocycles. The Kier molecular flexibility index (Phi) is 3.48. The van der Waals surface area contributed by atoms with Gasteiger partial charge in [-0.3, -0.25) is 4.68 Å². The third-order valence-corrected chi connectivity index (χ3v) is 3.35. The Hall–Kier alpha value is -1.68. The zero-order chi connectivity index (χ0) is 13.2. The van der Waals surface area contributed by atoms with Crippen molar-refractivity contribution in [2.75, 3.05) is 0 Å². The van der Waals surface area contributed by atoms with Crippen molar-refractivity contribution >= 4 is 0 Å². The lowest BCUT2D eigenvalue weighted by Gasteiger charge is -2.24. The van der Waals surface area contributed by atoms with Crippen molar-refractivity contribution in [1.29, 1.82) is 0 Å². The predicted molar refractivity (Wildman–Crippen MR) is 72.1 cm³/mol. The molecule has 0 fully saturated rings. The van der Waals surface area contributed by atoms with E-state index in [2.05, 4.69) is 41.3 Å². The normalized spacial score (nSPS) is 14.4. The number of hydrogen-bond donors (Lipinski definition) is 1. The van der Waals surface area contributed by atoms with E-state index >= 15 is 0 Å². The monoisotopic (exact) mass is 244 g/mol. The van der Waals surface area contributed by atoms with Gasteiger partial charge < -0.3 is 5.73 Å². The van der Waals surface area contributed by atoms with Gasteiger partial charge in [0.2, 0.25) is 0 Å². The Balaban J connectivity index is 2.21. The Labute approximate surface area is 108 Å². The molecule has 0 amide bonds. The summed E-state index contributed by atoms with van der Waals surface area (Å²) in [5, 5.41) is 4.07. The average molecular weight is 244 g/mol. The molecule has 2 N–H and O–H groups in total. The van der Waals surface area contributed by atoms with Gasteiger partial charge >= 0.3 is 0 Å². The van der Waals surface area contributed by atoms with Crippen LogP contribution in [0, 0.1) is 0 Å². The first-order valence-electron chi connectivity index (χ1n) is 6.24. The van der Waals surface area contributed by atoms with Gasteiger partial charge in [0.1, 0.15) is 12.2 Å². The molecule has 18 heavy (non-hydrogen) atoms. The van der Waals surface area contributed by atoms with Gasteiger partial charge in [0.25, 0.3) is 0 Å². The van der Waals surface area contributed by atoms with Crippen LogP contribution in [-0.4, -0.2) is 14.8 Å². The smallest absolute Gasteiger partial charge is 0.138 e. The Morgan fingerprint density at radius 1 is 1.28 bits per heavy atom. The molecule has 4 nitrogen and oxygen atoms in total. The van der Waals surface area contributed by atoms with Crippen LogP contribution in [0.3, 0.4) is 0 Å². The van der Waals surface area contributed by atoms with Gasteiger partial charge in [0, 0.05) is 19.0 Å². The molecule has 2 rings (SSSR count). The van der Waals surface area contributed by atoms with E-state index in [1.165, 1.54) is 5.56 Å². The van der Waals surface area contributed by atoms with Crippen molar-refractivity contribution in [3.63, 3.8) is 0 Å². The highest BCUT2D eigenvalue weighted by Crippen LogP contribution is 2.22. The minimum Gasteiger partial charge on any atom is -0.321 e. The summed E-state index contributed by atoms with van der Waals surface area (Å²) < 4.78 is 1.77. The SMILES string of the molecule is CCc1ccc(C(C)(N)Cc2ncnn2C)cc1. The highest BCUT2D eigenvalue weighted by molar-refractivity contribution is 5.28. The molecule has 0 radical (unpaired) electrons. The fourth-order valence-corrected chi connectivity index (χ4v) is 2.03. The van der Waals surface area contributed by atoms with Crippen LogP contribution in [0.4, 0.5) is 0 Å². The van der Waals surface area contributed by atoms with E-state index in [0.29, 0.717) is 6.42 Å². The minimum absolute atomic E-state index is 0.424. The summed E-state index contributed by atoms with van der Waals surface area (Å²) in [6, 6.07) is 8.48. The largest absolute Gasteiger partial charge is 0.321 e. The first-order valence-corrected chi connectivity index (χ1v) is 6.24. The maximum Gasteiger partial charge on any atom is 0.138 e. The number of aryl methyl sites for hydroxylation is 2. The van der Waals surface area contributed by atoms with E-state index in [1.54, 1.807) is 11.0 Å². The van der Waals surface area contributed by atoms with E-state index in [0.717, 1.165) is 17.8 Å². The van der Waals surface area contributed by atoms with Gasteiger partial charge in [-0.05, 0) is 24.5 Å². The molecule has 0 spiro atoms. The zero-order valence-corrected chi connectivity index (χ0v) is 11.2. The van der Waals surface area contributed by atoms with Crippen molar-refractivity contribution in [1.82, 2.24) is 14.8 Å². The van der Waals surface area contributed by atoms with Gasteiger partial charge in [0.05, 0.1) is 0 Å². The maximum absolute atomic E-state index is 6.41. The Morgan fingerprint density at radius 3 is 2.44 bits per heavy atom. The quantitative estimate of drug-likeness (QED) is 0.892. The second-order valence-electron chi connectivity index (χ2n) is 4.94. The van der Waals surface area contributed by atoms with Crippen molar-refractivity contribution in [3.8, 4) is 0 Å². The van der Waals surface area contributed by atoms with Crippen molar-refractivity contribution in [2.45, 2.75) is 32.2 Å². The number of nitrogens with two attached hydrogens (primary N) is 1. The lowest BCUT2D eigenvalue weighted by Crippen LogP contribution is -2.36. The number of aromatic nitrogens is 3. The van der Waals surface area contributed by atoms with Gasteiger partial charge in [0.15, 0.2) is 0 Å². The molecular formula is C14H20N4. The van der Waals surface area contributed by atoms with Crippen LogP contribution >= 0.6 is 0 Å². The molecule has 0 saturated carbocycles. The highest BCUT2D eigenvalue weighted by atomic mass is 15.3. The topological polar surface area (TPSA) is 56.7 Å². The van der Waals surface area contributed by atoms with Gasteiger partial charge in [-0.15, -0.1) is 0 Å². The second-order valence-corrected chi connectivity index (χ2v) is 4.94. The summed E-state index contributed by atoms with van der Waals surface area (Å²) in [6.07, 6.45) is 3.28. The van der Waals surface area contributed by atoms with Crippen LogP contribution < -0.4 is 5.73 Å². The highest BCUT2D eigenvalue weighted by Gasteiger charge is 2.23. The fourth-order valence-electron chi connectivity index (χ4n) is 2.03. The van der Waals surface area contributed by atoms with Gasteiger partial charge in [-0.2, -0.15) is 5.10 Å². The number of rotatable bonds is 4. The summed E-state index contributed by atoms with van der Waals surface area (Å²) in [5.74, 6) is 0.902. The van der Waals surface area contributed by atoms with E-state index in [-0.39, 0.29) is 0 Å². The van der Waals surface area contributed by atoms with Crippen LogP contribution in [-0.2, 0) is 25.4 Å². The van der Waals surface area contributed by atoms with Crippen molar-refractivity contribution in [3.05, 3.63) is 47.5 Å². The van der Waals surface area contributed by atoms with E-state index in [9.17, 15) is 0 Å². The van der Waals surface area contributed by atoms with Crippen molar-refractivity contribution < 1.29 is 0 Å². The molecule has 0 bridgehead atoms. The Morgan fingerprint density at radius 2 is 1.94 bits per heavy atom. The molecule has 1 heterocycles. The zero-order valence-electron chi connectivity index (χ0n) is 11.2. The molecule has 2 aromatic rings. The molecule has 0 aliphatic heterocycles. The minimum atomic E-state index is -0.424. The fraction of sp³-hybridized carbons (Fsp3) is 0.429. The van der Waals surface area contributed by atoms with Gasteiger partial charge in [-0.1, -0.05) is 31.2 Å². The van der Waals surface area contributed by atoms with Crippen LogP contribution in [0.5, 0.6) is 0 Å². The first-order chi connectivity index (χ1) is 8.53. The van der Waals surface area contributed by atoms with E-state index in [4.69, 9.17) is 5.73 Å². The second kappa shape index (κ2) is 4.90. The summed E-state index contributed by atoms with van der Waals surface area (Å²) in [4.78, 5) is 4.23. The van der Waals surface area contributed by atoms with Gasteiger partial charge in [-0.25, -0.2) is 4.98 Å². The molecule has 1 atom stereocenters. The summed E-state index contributed by atoms with van der Waals surface area (Å²) in [7, 11) is 1.89. The average Bonchev–Trinajstić information content (AvgIpc) is 2.74. The lowest BCUT2D eigenvalue weighted by atomic mass is 9.88. The number of hydrogen-bond acceptors (Lipinski definition) is 3. The lowest BCUT2D eigenvalue weighted by molar-refractivity contribution is 0.465. The predicted octanol–water partition coefficient (Wildman–Crippen LogP) is 1.79. The summed E-state index contributed by atoms with van der Waals surface area (Å²) >= 11 is 0. The summed E-state index contributed by atoms with van der Waals surface area (Å²) in [5.41, 5.74) is 8.44. The van der Waals surface area contributed by atoms with E-state index in [1.807, 2.05) is 14.0 Å². The Bertz CT molecular complexity index is 511. The molecule has 1 unspecified atom stereocenters. The van der Waals surface area contributed by atoms with Crippen LogP contribution in [0.25, 0.3) is 0 Å². The molecule has 1 aromatic carbocycles. The number of nitrogens with zero attached hydrogens (tertiary/aromatic N) is 3. The molecule has 4 heteroatoms. The van der Waals surface area contributed by atoms with Crippen LogP contribution in [0.15, 0.2) is 30.6 Å². The van der Waals surface area contributed by atoms with Crippen molar-refractivity contribution in [2.24, 2.45) is 12.8 Å². The summed E-state index contributed by atoms with van der Waals surface area (Å²) in [6.45, 7) is 4.18. The van der Waals surface area contributed by atoms with Crippen LogP contribution in [0.2, 0.25) is 0 Å². The first kappa shape index (κ1) is 12.8. The number of benzene rings is 1. The van der Waals surface area contributed by atoms with Crippen LogP contribution in [0.1, 0.15) is 30.8 Å². The molecular weight excluding hydrogens is 224 g/mol. The molecule has 96 valence electrons. The molecule has 0 aliphatic rings. The standard InChI is InChI=1S/C14H20N4/c1-4-11-5-7-12(8-6-11)14(2,15)9-13-16-10-17-18(13)3/h5-8,10H,4,9,15H2,1-3H3. The van der Waals surface area contributed by atoms with E-state index < -0.39 is 5.54 Å². The third-order valence-electron chi connectivity index (χ3n) is 3.35. The molecule has 0 saturated heterocycles. The maximum atomic E-state index is 6.41.